The lowest BCUT2D eigenvalue weighted by Gasteiger charge is -2.07. The number of rotatable bonds is 8. The molecule has 3 rings (SSSR count). The van der Waals surface area contributed by atoms with E-state index in [1.54, 1.807) is 0 Å². The monoisotopic (exact) mass is 287 g/mol. The number of para-hydroxylation sites is 1. The molecule has 0 saturated heterocycles. The second kappa shape index (κ2) is 6.58. The number of ether oxygens (including phenoxy) is 1. The largest absolute Gasteiger partial charge is 0.379 e. The van der Waals surface area contributed by atoms with Crippen molar-refractivity contribution >= 4 is 10.9 Å². The summed E-state index contributed by atoms with van der Waals surface area (Å²) in [6.45, 7) is 7.56. The van der Waals surface area contributed by atoms with E-state index in [-0.39, 0.29) is 0 Å². The maximum atomic E-state index is 5.69. The zero-order valence-corrected chi connectivity index (χ0v) is 13.0. The Labute approximate surface area is 126 Å². The predicted octanol–water partition coefficient (Wildman–Crippen LogP) is 2.96. The summed E-state index contributed by atoms with van der Waals surface area (Å²) in [5, 5.41) is 9.59. The third-order valence-corrected chi connectivity index (χ3v) is 3.77. The topological polar surface area (TPSA) is 39.1 Å². The van der Waals surface area contributed by atoms with E-state index in [2.05, 4.69) is 48.1 Å². The van der Waals surface area contributed by atoms with Gasteiger partial charge in [0.15, 0.2) is 0 Å². The Hall–Kier alpha value is -1.39. The molecule has 0 unspecified atom stereocenters. The first-order valence-electron chi connectivity index (χ1n) is 7.99. The van der Waals surface area contributed by atoms with E-state index in [1.165, 1.54) is 23.7 Å². The molecule has 4 heteroatoms. The molecule has 0 aliphatic heterocycles. The Morgan fingerprint density at radius 1 is 1.33 bits per heavy atom. The van der Waals surface area contributed by atoms with Crippen molar-refractivity contribution in [1.29, 1.82) is 0 Å². The van der Waals surface area contributed by atoms with Gasteiger partial charge < -0.3 is 10.1 Å². The van der Waals surface area contributed by atoms with Crippen LogP contribution in [0.4, 0.5) is 0 Å². The number of hydrogen-bond donors (Lipinski definition) is 1. The Morgan fingerprint density at radius 3 is 2.90 bits per heavy atom. The molecule has 1 heterocycles. The molecule has 4 nitrogen and oxygen atoms in total. The number of hydrogen-bond acceptors (Lipinski definition) is 3. The number of aromatic nitrogens is 2. The van der Waals surface area contributed by atoms with Crippen LogP contribution in [-0.2, 0) is 17.8 Å². The molecule has 0 amide bonds. The Kier molecular flexibility index (Phi) is 4.56. The maximum Gasteiger partial charge on any atom is 0.0841 e. The zero-order chi connectivity index (χ0) is 14.7. The number of nitrogens with zero attached hydrogens (tertiary/aromatic N) is 2. The van der Waals surface area contributed by atoms with Crippen molar-refractivity contribution in [2.24, 2.45) is 5.92 Å². The predicted molar refractivity (Wildman–Crippen MR) is 85.3 cm³/mol. The zero-order valence-electron chi connectivity index (χ0n) is 13.0. The SMILES string of the molecule is CC(C)COCCn1nc(CNC2CC2)c2ccccc21. The number of benzene rings is 1. The standard InChI is InChI=1S/C17H25N3O/c1-13(2)12-21-10-9-20-17-6-4-3-5-15(17)16(19-20)11-18-14-7-8-14/h3-6,13-14,18H,7-12H2,1-2H3. The molecule has 1 N–H and O–H groups in total. The molecule has 2 aromatic rings. The average Bonchev–Trinajstić information content (AvgIpc) is 3.24. The van der Waals surface area contributed by atoms with Gasteiger partial charge in [-0.3, -0.25) is 4.68 Å². The quantitative estimate of drug-likeness (QED) is 0.759. The maximum absolute atomic E-state index is 5.69. The fourth-order valence-electron chi connectivity index (χ4n) is 2.50. The molecular formula is C17H25N3O. The summed E-state index contributed by atoms with van der Waals surface area (Å²) in [6, 6.07) is 9.18. The molecule has 1 aromatic carbocycles. The van der Waals surface area contributed by atoms with E-state index < -0.39 is 0 Å². The van der Waals surface area contributed by atoms with Gasteiger partial charge in [0.25, 0.3) is 0 Å². The van der Waals surface area contributed by atoms with Crippen molar-refractivity contribution in [1.82, 2.24) is 15.1 Å². The minimum Gasteiger partial charge on any atom is -0.379 e. The Morgan fingerprint density at radius 2 is 2.14 bits per heavy atom. The summed E-state index contributed by atoms with van der Waals surface area (Å²) in [6.07, 6.45) is 2.61. The lowest BCUT2D eigenvalue weighted by atomic mass is 10.2. The van der Waals surface area contributed by atoms with Crippen LogP contribution in [0.1, 0.15) is 32.4 Å². The van der Waals surface area contributed by atoms with Crippen LogP contribution in [0.5, 0.6) is 0 Å². The molecule has 1 saturated carbocycles. The van der Waals surface area contributed by atoms with Gasteiger partial charge in [-0.2, -0.15) is 5.10 Å². The Balaban J connectivity index is 1.68. The van der Waals surface area contributed by atoms with Gasteiger partial charge >= 0.3 is 0 Å². The van der Waals surface area contributed by atoms with Gasteiger partial charge in [-0.05, 0) is 24.8 Å². The lowest BCUT2D eigenvalue weighted by molar-refractivity contribution is 0.102. The molecule has 0 radical (unpaired) electrons. The van der Waals surface area contributed by atoms with Crippen molar-refractivity contribution in [2.45, 2.75) is 45.8 Å². The molecule has 0 atom stereocenters. The highest BCUT2D eigenvalue weighted by atomic mass is 16.5. The van der Waals surface area contributed by atoms with Crippen molar-refractivity contribution in [3.8, 4) is 0 Å². The first kappa shape index (κ1) is 14.5. The highest BCUT2D eigenvalue weighted by Gasteiger charge is 2.21. The number of nitrogens with one attached hydrogen (secondary N) is 1. The molecule has 1 fully saturated rings. The van der Waals surface area contributed by atoms with Crippen molar-refractivity contribution in [3.05, 3.63) is 30.0 Å². The third kappa shape index (κ3) is 3.83. The fourth-order valence-corrected chi connectivity index (χ4v) is 2.50. The van der Waals surface area contributed by atoms with Crippen molar-refractivity contribution in [3.63, 3.8) is 0 Å². The second-order valence-corrected chi connectivity index (χ2v) is 6.31. The van der Waals surface area contributed by atoms with Gasteiger partial charge in [-0.15, -0.1) is 0 Å². The van der Waals surface area contributed by atoms with E-state index >= 15 is 0 Å². The summed E-state index contributed by atoms with van der Waals surface area (Å²) in [4.78, 5) is 0. The van der Waals surface area contributed by atoms with Crippen LogP contribution in [-0.4, -0.2) is 29.0 Å². The first-order chi connectivity index (χ1) is 10.2. The molecule has 0 bridgehead atoms. The van der Waals surface area contributed by atoms with Gasteiger partial charge in [0.2, 0.25) is 0 Å². The summed E-state index contributed by atoms with van der Waals surface area (Å²) < 4.78 is 7.77. The van der Waals surface area contributed by atoms with Crippen LogP contribution in [0.25, 0.3) is 10.9 Å². The molecule has 1 aliphatic rings. The molecule has 21 heavy (non-hydrogen) atoms. The Bertz CT molecular complexity index is 587. The van der Waals surface area contributed by atoms with Crippen LogP contribution in [0, 0.1) is 5.92 Å². The van der Waals surface area contributed by atoms with E-state index in [0.717, 1.165) is 32.0 Å². The molecule has 1 aromatic heterocycles. The summed E-state index contributed by atoms with van der Waals surface area (Å²) in [5.41, 5.74) is 2.36. The molecule has 114 valence electrons. The fraction of sp³-hybridized carbons (Fsp3) is 0.588. The molecular weight excluding hydrogens is 262 g/mol. The minimum absolute atomic E-state index is 0.581. The van der Waals surface area contributed by atoms with Gasteiger partial charge in [-0.1, -0.05) is 32.0 Å². The van der Waals surface area contributed by atoms with Crippen LogP contribution >= 0.6 is 0 Å². The van der Waals surface area contributed by atoms with Gasteiger partial charge in [0, 0.05) is 24.6 Å². The van der Waals surface area contributed by atoms with Crippen LogP contribution in [0.15, 0.2) is 24.3 Å². The van der Waals surface area contributed by atoms with E-state index in [9.17, 15) is 0 Å². The number of fused-ring (bicyclic) bond motifs is 1. The third-order valence-electron chi connectivity index (χ3n) is 3.77. The lowest BCUT2D eigenvalue weighted by Crippen LogP contribution is -2.16. The first-order valence-corrected chi connectivity index (χ1v) is 7.99. The smallest absolute Gasteiger partial charge is 0.0841 e. The van der Waals surface area contributed by atoms with E-state index in [4.69, 9.17) is 9.84 Å². The average molecular weight is 287 g/mol. The van der Waals surface area contributed by atoms with Gasteiger partial charge in [-0.25, -0.2) is 0 Å². The van der Waals surface area contributed by atoms with Gasteiger partial charge in [0.1, 0.15) is 0 Å². The van der Waals surface area contributed by atoms with Crippen LogP contribution in [0.2, 0.25) is 0 Å². The molecule has 1 aliphatic carbocycles. The van der Waals surface area contributed by atoms with Crippen LogP contribution in [0.3, 0.4) is 0 Å². The summed E-state index contributed by atoms with van der Waals surface area (Å²) >= 11 is 0. The van der Waals surface area contributed by atoms with E-state index in [0.29, 0.717) is 12.0 Å². The normalized spacial score (nSPS) is 15.2. The highest BCUT2D eigenvalue weighted by molar-refractivity contribution is 5.81. The van der Waals surface area contributed by atoms with Crippen molar-refractivity contribution < 1.29 is 4.74 Å². The van der Waals surface area contributed by atoms with Crippen LogP contribution < -0.4 is 5.32 Å². The second-order valence-electron chi connectivity index (χ2n) is 6.31. The van der Waals surface area contributed by atoms with Gasteiger partial charge in [0.05, 0.1) is 24.4 Å². The molecule has 0 spiro atoms. The van der Waals surface area contributed by atoms with E-state index in [1.807, 2.05) is 0 Å². The summed E-state index contributed by atoms with van der Waals surface area (Å²) in [5.74, 6) is 0.581. The minimum atomic E-state index is 0.581. The summed E-state index contributed by atoms with van der Waals surface area (Å²) in [7, 11) is 0. The van der Waals surface area contributed by atoms with Crippen molar-refractivity contribution in [2.75, 3.05) is 13.2 Å². The highest BCUT2D eigenvalue weighted by Crippen LogP contribution is 2.22.